The summed E-state index contributed by atoms with van der Waals surface area (Å²) in [5.74, 6) is 0. The molecule has 0 radical (unpaired) electrons. The first-order chi connectivity index (χ1) is 10.2. The zero-order valence-corrected chi connectivity index (χ0v) is 17.0. The average molecular weight is 346 g/mol. The molecule has 1 fully saturated rings. The zero-order chi connectivity index (χ0) is 18.1. The molecule has 1 unspecified atom stereocenters. The predicted molar refractivity (Wildman–Crippen MR) is 95.1 cm³/mol. The fraction of sp³-hybridized carbons (Fsp3) is 0.941. The topological polar surface area (TPSA) is 67.8 Å². The van der Waals surface area contributed by atoms with Crippen molar-refractivity contribution in [3.63, 3.8) is 0 Å². The van der Waals surface area contributed by atoms with Crippen molar-refractivity contribution < 1.29 is 19.1 Å². The van der Waals surface area contributed by atoms with Gasteiger partial charge in [0.25, 0.3) is 0 Å². The van der Waals surface area contributed by atoms with Gasteiger partial charge in [-0.3, -0.25) is 0 Å². The molecule has 0 bridgehead atoms. The summed E-state index contributed by atoms with van der Waals surface area (Å²) >= 11 is 0. The maximum absolute atomic E-state index is 12.1. The molecule has 2 N–H and O–H groups in total. The molecule has 1 aliphatic carbocycles. The number of amides is 1. The van der Waals surface area contributed by atoms with Crippen molar-refractivity contribution >= 4 is 14.4 Å². The molecule has 1 saturated carbocycles. The normalized spacial score (nSPS) is 26.7. The van der Waals surface area contributed by atoms with Gasteiger partial charge in [-0.05, 0) is 51.7 Å². The van der Waals surface area contributed by atoms with Gasteiger partial charge in [-0.1, -0.05) is 20.8 Å². The molecule has 23 heavy (non-hydrogen) atoms. The van der Waals surface area contributed by atoms with E-state index >= 15 is 0 Å². The van der Waals surface area contributed by atoms with Crippen molar-refractivity contribution in [2.24, 2.45) is 0 Å². The van der Waals surface area contributed by atoms with Gasteiger partial charge in [0, 0.05) is 6.42 Å². The minimum Gasteiger partial charge on any atom is -0.444 e. The SMILES string of the molecule is CC(C)(C)OC(=O)NC1CC[C@H](O)C[C@H]1O[Si](C)(C)C(C)(C)C. The molecule has 1 amide bonds. The van der Waals surface area contributed by atoms with Gasteiger partial charge in [0.05, 0.1) is 18.2 Å². The molecule has 0 aliphatic heterocycles. The summed E-state index contributed by atoms with van der Waals surface area (Å²) in [5, 5.41) is 13.0. The second-order valence-corrected chi connectivity index (χ2v) is 13.9. The van der Waals surface area contributed by atoms with Gasteiger partial charge in [0.1, 0.15) is 5.60 Å². The lowest BCUT2D eigenvalue weighted by Gasteiger charge is -2.44. The Hall–Kier alpha value is -0.593. The highest BCUT2D eigenvalue weighted by Crippen LogP contribution is 2.39. The monoisotopic (exact) mass is 345 g/mol. The van der Waals surface area contributed by atoms with Crippen LogP contribution in [0.3, 0.4) is 0 Å². The molecule has 1 rings (SSSR count). The number of hydrogen-bond acceptors (Lipinski definition) is 4. The summed E-state index contributed by atoms with van der Waals surface area (Å²) < 4.78 is 11.8. The summed E-state index contributed by atoms with van der Waals surface area (Å²) in [6.45, 7) is 16.5. The van der Waals surface area contributed by atoms with E-state index in [1.165, 1.54) is 0 Å². The van der Waals surface area contributed by atoms with Gasteiger partial charge in [-0.15, -0.1) is 0 Å². The lowest BCUT2D eigenvalue weighted by Crippen LogP contribution is -2.55. The van der Waals surface area contributed by atoms with E-state index in [1.807, 2.05) is 20.8 Å². The Labute approximate surface area is 142 Å². The summed E-state index contributed by atoms with van der Waals surface area (Å²) in [4.78, 5) is 12.1. The van der Waals surface area contributed by atoms with Crippen molar-refractivity contribution in [1.29, 1.82) is 0 Å². The fourth-order valence-electron chi connectivity index (χ4n) is 2.42. The summed E-state index contributed by atoms with van der Waals surface area (Å²) in [6.07, 6.45) is 1.01. The largest absolute Gasteiger partial charge is 0.444 e. The highest BCUT2D eigenvalue weighted by Gasteiger charge is 2.42. The minimum atomic E-state index is -1.96. The van der Waals surface area contributed by atoms with Crippen LogP contribution in [0.4, 0.5) is 4.79 Å². The fourth-order valence-corrected chi connectivity index (χ4v) is 3.79. The van der Waals surface area contributed by atoms with Crippen LogP contribution < -0.4 is 5.32 Å². The summed E-state index contributed by atoms with van der Waals surface area (Å²) in [7, 11) is -1.96. The number of aliphatic hydroxyl groups excluding tert-OH is 1. The number of carbonyl (C=O) groups excluding carboxylic acids is 1. The first-order valence-electron chi connectivity index (χ1n) is 8.57. The van der Waals surface area contributed by atoms with Crippen molar-refractivity contribution in [3.05, 3.63) is 0 Å². The highest BCUT2D eigenvalue weighted by atomic mass is 28.4. The van der Waals surface area contributed by atoms with Crippen molar-refractivity contribution in [1.82, 2.24) is 5.32 Å². The number of hydrogen-bond donors (Lipinski definition) is 2. The smallest absolute Gasteiger partial charge is 0.407 e. The number of ether oxygens (including phenoxy) is 1. The standard InChI is InChI=1S/C17H35NO4Si/c1-16(2,3)21-15(20)18-13-10-9-12(19)11-14(13)22-23(7,8)17(4,5)6/h12-14,19H,9-11H2,1-8H3,(H,18,20)/t12-,13?,14+/m0/s1. The van der Waals surface area contributed by atoms with Crippen LogP contribution in [-0.2, 0) is 9.16 Å². The van der Waals surface area contributed by atoms with Crippen LogP contribution in [0.15, 0.2) is 0 Å². The third-order valence-electron chi connectivity index (χ3n) is 4.72. The van der Waals surface area contributed by atoms with Gasteiger partial charge in [-0.25, -0.2) is 4.79 Å². The molecule has 1 aliphatic rings. The van der Waals surface area contributed by atoms with E-state index in [-0.39, 0.29) is 23.3 Å². The second kappa shape index (κ2) is 7.11. The van der Waals surface area contributed by atoms with Gasteiger partial charge in [0.15, 0.2) is 8.32 Å². The minimum absolute atomic E-state index is 0.0892. The van der Waals surface area contributed by atoms with Crippen LogP contribution in [0, 0.1) is 0 Å². The maximum Gasteiger partial charge on any atom is 0.407 e. The maximum atomic E-state index is 12.1. The number of alkyl carbamates (subject to hydrolysis) is 1. The van der Waals surface area contributed by atoms with Crippen LogP contribution >= 0.6 is 0 Å². The molecule has 0 aromatic rings. The molecule has 0 saturated heterocycles. The van der Waals surface area contributed by atoms with E-state index in [9.17, 15) is 9.90 Å². The second-order valence-electron chi connectivity index (χ2n) is 9.14. The van der Waals surface area contributed by atoms with Gasteiger partial charge in [0.2, 0.25) is 0 Å². The number of carbonyl (C=O) groups is 1. The Bertz CT molecular complexity index is 412. The Morgan fingerprint density at radius 1 is 1.13 bits per heavy atom. The molecule has 0 spiro atoms. The quantitative estimate of drug-likeness (QED) is 0.763. The summed E-state index contributed by atoms with van der Waals surface area (Å²) in [6, 6.07) is -0.109. The number of rotatable bonds is 3. The van der Waals surface area contributed by atoms with Crippen LogP contribution in [0.2, 0.25) is 18.1 Å². The molecular formula is C17H35NO4Si. The molecule has 0 aromatic heterocycles. The molecule has 6 heteroatoms. The van der Waals surface area contributed by atoms with Gasteiger partial charge in [-0.2, -0.15) is 0 Å². The molecule has 0 aromatic carbocycles. The lowest BCUT2D eigenvalue weighted by atomic mass is 9.90. The molecular weight excluding hydrogens is 310 g/mol. The number of nitrogens with one attached hydrogen (secondary N) is 1. The van der Waals surface area contributed by atoms with Gasteiger partial charge >= 0.3 is 6.09 Å². The summed E-state index contributed by atoms with van der Waals surface area (Å²) in [5.41, 5.74) is -0.520. The van der Waals surface area contributed by atoms with Crippen LogP contribution in [0.1, 0.15) is 60.8 Å². The van der Waals surface area contributed by atoms with Crippen LogP contribution in [0.25, 0.3) is 0 Å². The first kappa shape index (κ1) is 20.5. The Kier molecular flexibility index (Phi) is 6.32. The lowest BCUT2D eigenvalue weighted by molar-refractivity contribution is 0.0112. The predicted octanol–water partition coefficient (Wildman–Crippen LogP) is 3.81. The van der Waals surface area contributed by atoms with Gasteiger partial charge < -0.3 is 19.6 Å². The third-order valence-corrected chi connectivity index (χ3v) is 9.22. The van der Waals surface area contributed by atoms with E-state index in [4.69, 9.17) is 9.16 Å². The van der Waals surface area contributed by atoms with E-state index in [2.05, 4.69) is 39.2 Å². The van der Waals surface area contributed by atoms with Crippen molar-refractivity contribution in [3.8, 4) is 0 Å². The first-order valence-corrected chi connectivity index (χ1v) is 11.5. The van der Waals surface area contributed by atoms with E-state index in [0.717, 1.165) is 0 Å². The Morgan fingerprint density at radius 2 is 1.70 bits per heavy atom. The highest BCUT2D eigenvalue weighted by molar-refractivity contribution is 6.74. The van der Waals surface area contributed by atoms with Crippen molar-refractivity contribution in [2.45, 2.75) is 103 Å². The molecule has 3 atom stereocenters. The van der Waals surface area contributed by atoms with E-state index in [1.54, 1.807) is 0 Å². The Morgan fingerprint density at radius 3 is 2.17 bits per heavy atom. The van der Waals surface area contributed by atoms with E-state index in [0.29, 0.717) is 19.3 Å². The average Bonchev–Trinajstić information content (AvgIpc) is 2.28. The van der Waals surface area contributed by atoms with E-state index < -0.39 is 20.0 Å². The van der Waals surface area contributed by atoms with Crippen LogP contribution in [0.5, 0.6) is 0 Å². The molecule has 0 heterocycles. The molecule has 5 nitrogen and oxygen atoms in total. The molecule has 136 valence electrons. The van der Waals surface area contributed by atoms with Crippen LogP contribution in [-0.4, -0.2) is 43.4 Å². The zero-order valence-electron chi connectivity index (χ0n) is 16.0. The third kappa shape index (κ3) is 6.43. The van der Waals surface area contributed by atoms with Crippen molar-refractivity contribution in [2.75, 3.05) is 0 Å². The Balaban J connectivity index is 2.78. The number of aliphatic hydroxyl groups is 1.